The molecule has 1 heterocycles. The first kappa shape index (κ1) is 13.3. The summed E-state index contributed by atoms with van der Waals surface area (Å²) in [6.45, 7) is -0.158. The van der Waals surface area contributed by atoms with Gasteiger partial charge in [-0.05, 0) is 12.1 Å². The average molecular weight is 260 g/mol. The topological polar surface area (TPSA) is 101 Å². The molecule has 0 bridgehead atoms. The first-order chi connectivity index (χ1) is 8.04. The Morgan fingerprint density at radius 3 is 2.71 bits per heavy atom. The summed E-state index contributed by atoms with van der Waals surface area (Å²) in [5, 5.41) is 18.2. The summed E-state index contributed by atoms with van der Waals surface area (Å²) in [7, 11) is 1.24. The van der Waals surface area contributed by atoms with Crippen molar-refractivity contribution in [1.82, 2.24) is 15.5 Å². The molecule has 1 amide bonds. The molecule has 92 valence electrons. The van der Waals surface area contributed by atoms with Crippen LogP contribution in [0.3, 0.4) is 0 Å². The molecule has 7 nitrogen and oxygen atoms in total. The summed E-state index contributed by atoms with van der Waals surface area (Å²) in [6.07, 6.45) is -1.10. The fourth-order valence-corrected chi connectivity index (χ4v) is 1.09. The number of carboxylic acid groups (broad SMARTS) is 1. The lowest BCUT2D eigenvalue weighted by Gasteiger charge is -2.10. The molecule has 1 rings (SSSR count). The molecule has 1 atom stereocenters. The largest absolute Gasteiger partial charge is 0.479 e. The van der Waals surface area contributed by atoms with Gasteiger partial charge in [0.1, 0.15) is 0 Å². The Balaban J connectivity index is 2.55. The highest BCUT2D eigenvalue weighted by atomic mass is 35.5. The zero-order valence-corrected chi connectivity index (χ0v) is 9.64. The van der Waals surface area contributed by atoms with Crippen molar-refractivity contribution in [3.8, 4) is 0 Å². The Bertz CT molecular complexity index is 409. The van der Waals surface area contributed by atoms with Crippen LogP contribution in [0.4, 0.5) is 0 Å². The molecule has 0 fully saturated rings. The number of amides is 1. The van der Waals surface area contributed by atoms with Gasteiger partial charge in [-0.15, -0.1) is 10.2 Å². The first-order valence-corrected chi connectivity index (χ1v) is 4.95. The van der Waals surface area contributed by atoms with E-state index in [-0.39, 0.29) is 17.4 Å². The van der Waals surface area contributed by atoms with E-state index in [0.717, 1.165) is 0 Å². The normalized spacial score (nSPS) is 11.9. The summed E-state index contributed by atoms with van der Waals surface area (Å²) in [4.78, 5) is 22.1. The Labute approximate surface area is 102 Å². The lowest BCUT2D eigenvalue weighted by molar-refractivity contribution is -0.148. The molecule has 8 heteroatoms. The van der Waals surface area contributed by atoms with E-state index in [0.29, 0.717) is 0 Å². The highest BCUT2D eigenvalue weighted by molar-refractivity contribution is 6.29. The van der Waals surface area contributed by atoms with Crippen LogP contribution in [0.25, 0.3) is 0 Å². The number of halogens is 1. The first-order valence-electron chi connectivity index (χ1n) is 4.57. The number of hydrogen-bond acceptors (Lipinski definition) is 5. The number of carboxylic acids is 1. The van der Waals surface area contributed by atoms with Gasteiger partial charge >= 0.3 is 5.97 Å². The predicted molar refractivity (Wildman–Crippen MR) is 57.8 cm³/mol. The van der Waals surface area contributed by atoms with Crippen LogP contribution in [0, 0.1) is 0 Å². The molecule has 0 aliphatic carbocycles. The van der Waals surface area contributed by atoms with Gasteiger partial charge in [0, 0.05) is 7.11 Å². The SMILES string of the molecule is COC(CNC(=O)c1ccc(Cl)nn1)C(=O)O. The van der Waals surface area contributed by atoms with Gasteiger partial charge in [0.05, 0.1) is 6.54 Å². The number of carbonyl (C=O) groups is 2. The van der Waals surface area contributed by atoms with Crippen molar-refractivity contribution < 1.29 is 19.4 Å². The van der Waals surface area contributed by atoms with Crippen molar-refractivity contribution in [3.05, 3.63) is 23.0 Å². The second kappa shape index (κ2) is 6.12. The van der Waals surface area contributed by atoms with Crippen molar-refractivity contribution in [3.63, 3.8) is 0 Å². The highest BCUT2D eigenvalue weighted by Gasteiger charge is 2.18. The fourth-order valence-electron chi connectivity index (χ4n) is 0.985. The smallest absolute Gasteiger partial charge is 0.334 e. The number of carbonyl (C=O) groups excluding carboxylic acids is 1. The highest BCUT2D eigenvalue weighted by Crippen LogP contribution is 2.02. The van der Waals surface area contributed by atoms with E-state index in [1.54, 1.807) is 0 Å². The molecule has 0 aliphatic heterocycles. The predicted octanol–water partition coefficient (Wildman–Crippen LogP) is -0.0406. The quantitative estimate of drug-likeness (QED) is 0.769. The van der Waals surface area contributed by atoms with Crippen LogP contribution in [-0.4, -0.2) is 46.9 Å². The summed E-state index contributed by atoms with van der Waals surface area (Å²) in [5.74, 6) is -1.70. The van der Waals surface area contributed by atoms with Gasteiger partial charge in [-0.25, -0.2) is 4.79 Å². The second-order valence-corrected chi connectivity index (χ2v) is 3.40. The van der Waals surface area contributed by atoms with Gasteiger partial charge in [0.25, 0.3) is 5.91 Å². The molecule has 0 spiro atoms. The molecule has 0 aliphatic rings. The zero-order chi connectivity index (χ0) is 12.8. The molecule has 1 aromatic rings. The minimum absolute atomic E-state index is 0.0506. The van der Waals surface area contributed by atoms with Crippen LogP contribution in [0.1, 0.15) is 10.5 Å². The van der Waals surface area contributed by atoms with E-state index >= 15 is 0 Å². The summed E-state index contributed by atoms with van der Waals surface area (Å²) >= 11 is 5.50. The van der Waals surface area contributed by atoms with E-state index in [1.165, 1.54) is 19.2 Å². The van der Waals surface area contributed by atoms with Crippen LogP contribution in [0.15, 0.2) is 12.1 Å². The summed E-state index contributed by atoms with van der Waals surface area (Å²) in [6, 6.07) is 2.79. The summed E-state index contributed by atoms with van der Waals surface area (Å²) in [5.41, 5.74) is 0.0506. The molecule has 1 aromatic heterocycles. The van der Waals surface area contributed by atoms with Crippen LogP contribution in [-0.2, 0) is 9.53 Å². The van der Waals surface area contributed by atoms with Gasteiger partial charge in [-0.2, -0.15) is 0 Å². The van der Waals surface area contributed by atoms with Gasteiger partial charge in [0.15, 0.2) is 17.0 Å². The third-order valence-corrected chi connectivity index (χ3v) is 2.07. The van der Waals surface area contributed by atoms with E-state index < -0.39 is 18.0 Å². The van der Waals surface area contributed by atoms with E-state index in [4.69, 9.17) is 16.7 Å². The average Bonchev–Trinajstić information content (AvgIpc) is 2.30. The monoisotopic (exact) mass is 259 g/mol. The Kier molecular flexibility index (Phi) is 4.80. The van der Waals surface area contributed by atoms with E-state index in [2.05, 4.69) is 20.3 Å². The number of rotatable bonds is 5. The molecule has 2 N–H and O–H groups in total. The molecular formula is C9H10ClN3O4. The number of ether oxygens (including phenoxy) is 1. The number of methoxy groups -OCH3 is 1. The van der Waals surface area contributed by atoms with Crippen molar-refractivity contribution in [2.24, 2.45) is 0 Å². The van der Waals surface area contributed by atoms with Crippen LogP contribution in [0.5, 0.6) is 0 Å². The molecule has 0 saturated carbocycles. The summed E-state index contributed by atoms with van der Waals surface area (Å²) < 4.78 is 4.65. The Hall–Kier alpha value is -1.73. The van der Waals surface area contributed by atoms with Gasteiger partial charge < -0.3 is 15.2 Å². The number of aromatic nitrogens is 2. The fraction of sp³-hybridized carbons (Fsp3) is 0.333. The number of hydrogen-bond donors (Lipinski definition) is 2. The van der Waals surface area contributed by atoms with Crippen LogP contribution >= 0.6 is 11.6 Å². The van der Waals surface area contributed by atoms with E-state index in [1.807, 2.05) is 0 Å². The van der Waals surface area contributed by atoms with Crippen molar-refractivity contribution in [2.75, 3.05) is 13.7 Å². The van der Waals surface area contributed by atoms with Crippen molar-refractivity contribution in [1.29, 1.82) is 0 Å². The standard InChI is InChI=1S/C9H10ClN3O4/c1-17-6(9(15)16)4-11-8(14)5-2-3-7(10)13-12-5/h2-3,6H,4H2,1H3,(H,11,14)(H,15,16). The second-order valence-electron chi connectivity index (χ2n) is 3.01. The third kappa shape index (κ3) is 3.97. The molecule has 0 radical (unpaired) electrons. The van der Waals surface area contributed by atoms with Gasteiger partial charge in [-0.3, -0.25) is 4.79 Å². The molecule has 0 saturated heterocycles. The van der Waals surface area contributed by atoms with Crippen molar-refractivity contribution >= 4 is 23.5 Å². The zero-order valence-electron chi connectivity index (χ0n) is 8.88. The van der Waals surface area contributed by atoms with Crippen LogP contribution in [0.2, 0.25) is 5.15 Å². The van der Waals surface area contributed by atoms with Gasteiger partial charge in [-0.1, -0.05) is 11.6 Å². The van der Waals surface area contributed by atoms with Crippen molar-refractivity contribution in [2.45, 2.75) is 6.10 Å². The minimum Gasteiger partial charge on any atom is -0.479 e. The van der Waals surface area contributed by atoms with Crippen LogP contribution < -0.4 is 5.32 Å². The maximum absolute atomic E-state index is 11.5. The Morgan fingerprint density at radius 1 is 1.53 bits per heavy atom. The molecule has 1 unspecified atom stereocenters. The molecule has 0 aromatic carbocycles. The maximum Gasteiger partial charge on any atom is 0.334 e. The number of nitrogens with one attached hydrogen (secondary N) is 1. The maximum atomic E-state index is 11.5. The lowest BCUT2D eigenvalue weighted by Crippen LogP contribution is -2.38. The number of nitrogens with zero attached hydrogens (tertiary/aromatic N) is 2. The number of aliphatic carboxylic acids is 1. The third-order valence-electron chi connectivity index (χ3n) is 1.87. The molecule has 17 heavy (non-hydrogen) atoms. The van der Waals surface area contributed by atoms with Gasteiger partial charge in [0.2, 0.25) is 0 Å². The Morgan fingerprint density at radius 2 is 2.24 bits per heavy atom. The molecular weight excluding hydrogens is 250 g/mol. The van der Waals surface area contributed by atoms with E-state index in [9.17, 15) is 9.59 Å². The minimum atomic E-state index is -1.16. The lowest BCUT2D eigenvalue weighted by atomic mass is 10.3.